The van der Waals surface area contributed by atoms with E-state index in [2.05, 4.69) is 0 Å². The van der Waals surface area contributed by atoms with Crippen LogP contribution in [0.1, 0.15) is 0 Å². The van der Waals surface area contributed by atoms with Crippen molar-refractivity contribution in [1.29, 1.82) is 0 Å². The molecule has 0 spiro atoms. The SMILES string of the molecule is [NH2][Au]([Cl])([Cl])[Cl]. The first kappa shape index (κ1) is 6.57. The summed E-state index contributed by atoms with van der Waals surface area (Å²) in [7, 11) is 15.0. The van der Waals surface area contributed by atoms with E-state index in [1.54, 1.807) is 0 Å². The fourth-order valence-electron chi connectivity index (χ4n) is 0. The normalized spacial score (nSPS) is 15.2. The van der Waals surface area contributed by atoms with Crippen molar-refractivity contribution >= 4 is 27.6 Å². The molecule has 5 heavy (non-hydrogen) atoms. The van der Waals surface area contributed by atoms with Gasteiger partial charge in [0.1, 0.15) is 0 Å². The Morgan fingerprint density at radius 1 is 1.20 bits per heavy atom. The average molecular weight is 319 g/mol. The Bertz CT molecular complexity index is 22.4. The maximum atomic E-state index is 5.01. The van der Waals surface area contributed by atoms with Crippen molar-refractivity contribution in [3.8, 4) is 0 Å². The Morgan fingerprint density at radius 3 is 1.20 bits per heavy atom. The zero-order valence-electron chi connectivity index (χ0n) is 2.01. The molecule has 0 aromatic carbocycles. The molecule has 0 aliphatic carbocycles. The first-order valence-electron chi connectivity index (χ1n) is 0.516. The van der Waals surface area contributed by atoms with Crippen molar-refractivity contribution in [1.82, 2.24) is 0 Å². The topological polar surface area (TPSA) is 26.0 Å². The molecule has 0 aromatic heterocycles. The van der Waals surface area contributed by atoms with Crippen LogP contribution in [0.4, 0.5) is 0 Å². The predicted molar refractivity (Wildman–Crippen MR) is 21.7 cm³/mol. The molecule has 0 rings (SSSR count). The van der Waals surface area contributed by atoms with Crippen LogP contribution < -0.4 is 4.14 Å². The molecular weight excluding hydrogens is 317 g/mol. The number of hydrogen-bond acceptors (Lipinski definition) is 1. The van der Waals surface area contributed by atoms with Gasteiger partial charge in [0.2, 0.25) is 0 Å². The van der Waals surface area contributed by atoms with E-state index in [9.17, 15) is 0 Å². The number of rotatable bonds is 0. The van der Waals surface area contributed by atoms with Gasteiger partial charge in [-0.05, 0) is 0 Å². The van der Waals surface area contributed by atoms with Crippen molar-refractivity contribution in [3.63, 3.8) is 0 Å². The monoisotopic (exact) mass is 318 g/mol. The van der Waals surface area contributed by atoms with Crippen molar-refractivity contribution in [2.45, 2.75) is 0 Å². The minimum absolute atomic E-state index is 2.97. The third-order valence-corrected chi connectivity index (χ3v) is 0. The molecule has 0 bridgehead atoms. The van der Waals surface area contributed by atoms with E-state index >= 15 is 0 Å². The van der Waals surface area contributed by atoms with Gasteiger partial charge in [-0.3, -0.25) is 0 Å². The molecule has 0 aromatic rings. The van der Waals surface area contributed by atoms with Crippen LogP contribution in [0.5, 0.6) is 0 Å². The van der Waals surface area contributed by atoms with Gasteiger partial charge in [-0.25, -0.2) is 0 Å². The van der Waals surface area contributed by atoms with Gasteiger partial charge in [0, 0.05) is 0 Å². The van der Waals surface area contributed by atoms with Gasteiger partial charge in [0.25, 0.3) is 0 Å². The van der Waals surface area contributed by atoms with Gasteiger partial charge >= 0.3 is 45.9 Å². The molecule has 0 unspecified atom stereocenters. The van der Waals surface area contributed by atoms with Gasteiger partial charge in [0.05, 0.1) is 0 Å². The molecule has 0 aliphatic rings. The van der Waals surface area contributed by atoms with Crippen LogP contribution in [-0.2, 0) is 14.1 Å². The molecule has 0 aliphatic heterocycles. The molecule has 0 heterocycles. The van der Waals surface area contributed by atoms with Crippen LogP contribution in [0, 0.1) is 0 Å². The zero-order valence-corrected chi connectivity index (χ0v) is 6.45. The summed E-state index contributed by atoms with van der Waals surface area (Å²) < 4.78 is 4.82. The van der Waals surface area contributed by atoms with Gasteiger partial charge < -0.3 is 0 Å². The summed E-state index contributed by atoms with van der Waals surface area (Å²) >= 11 is -2.97. The number of hydrogen-bond donors (Lipinski definition) is 1. The Kier molecular flexibility index (Phi) is 2.67. The van der Waals surface area contributed by atoms with Crippen molar-refractivity contribution in [3.05, 3.63) is 0 Å². The molecule has 5 heteroatoms. The second-order valence-corrected chi connectivity index (χ2v) is 14.4. The summed E-state index contributed by atoms with van der Waals surface area (Å²) in [5, 5.41) is 0. The summed E-state index contributed by atoms with van der Waals surface area (Å²) in [6.45, 7) is 0. The minimum atomic E-state index is -2.97. The van der Waals surface area contributed by atoms with Gasteiger partial charge in [-0.2, -0.15) is 0 Å². The van der Waals surface area contributed by atoms with E-state index in [-0.39, 0.29) is 0 Å². The molecule has 1 nitrogen and oxygen atoms in total. The Balaban J connectivity index is 3.02. The fourth-order valence-corrected chi connectivity index (χ4v) is 0. The molecular formula is H2AuCl3N. The third-order valence-electron chi connectivity index (χ3n) is 0. The van der Waals surface area contributed by atoms with E-state index < -0.39 is 14.1 Å². The standard InChI is InChI=1S/Au.3ClH.H2N/h;3*1H;1H2/q+4;;;;-1/p-3. The molecule has 0 saturated heterocycles. The van der Waals surface area contributed by atoms with Crippen LogP contribution in [0.2, 0.25) is 0 Å². The zero-order chi connectivity index (χ0) is 4.50. The molecule has 0 atom stereocenters. The molecule has 0 radical (unpaired) electrons. The van der Waals surface area contributed by atoms with Crippen LogP contribution in [0.25, 0.3) is 0 Å². The number of nitrogens with two attached hydrogens (primary N) is 1. The molecule has 2 N–H and O–H groups in total. The summed E-state index contributed by atoms with van der Waals surface area (Å²) in [4.78, 5) is 0. The third kappa shape index (κ3) is 28.8. The average Bonchev–Trinajstić information content (AvgIpc) is 0.722. The number of halogens is 3. The summed E-state index contributed by atoms with van der Waals surface area (Å²) in [5.74, 6) is 0. The molecule has 39 valence electrons. The van der Waals surface area contributed by atoms with Crippen LogP contribution in [-0.4, -0.2) is 0 Å². The van der Waals surface area contributed by atoms with Gasteiger partial charge in [-0.15, -0.1) is 0 Å². The van der Waals surface area contributed by atoms with Crippen LogP contribution in [0.15, 0.2) is 0 Å². The molecule has 0 fully saturated rings. The van der Waals surface area contributed by atoms with E-state index in [1.165, 1.54) is 0 Å². The first-order valence-corrected chi connectivity index (χ1v) is 9.82. The van der Waals surface area contributed by atoms with E-state index in [0.717, 1.165) is 0 Å². The molecule has 0 amide bonds. The van der Waals surface area contributed by atoms with Gasteiger partial charge in [-0.1, -0.05) is 0 Å². The quantitative estimate of drug-likeness (QED) is 0.673. The van der Waals surface area contributed by atoms with Gasteiger partial charge in [0.15, 0.2) is 0 Å². The predicted octanol–water partition coefficient (Wildman–Crippen LogP) is 1.48. The van der Waals surface area contributed by atoms with Crippen LogP contribution >= 0.6 is 27.6 Å². The first-order chi connectivity index (χ1) is 2.00. The Hall–Kier alpha value is 1.57. The summed E-state index contributed by atoms with van der Waals surface area (Å²) in [6, 6.07) is 0. The van der Waals surface area contributed by atoms with Crippen molar-refractivity contribution in [2.75, 3.05) is 0 Å². The maximum absolute atomic E-state index is 5.01. The Labute approximate surface area is 45.7 Å². The Morgan fingerprint density at radius 2 is 1.20 bits per heavy atom. The second kappa shape index (κ2) is 2.03. The van der Waals surface area contributed by atoms with E-state index in [4.69, 9.17) is 31.7 Å². The van der Waals surface area contributed by atoms with E-state index in [1.807, 2.05) is 0 Å². The molecule has 0 saturated carbocycles. The van der Waals surface area contributed by atoms with Crippen LogP contribution in [0.3, 0.4) is 0 Å². The summed E-state index contributed by atoms with van der Waals surface area (Å²) in [5.41, 5.74) is 0. The fraction of sp³-hybridized carbons (Fsp3) is 0. The van der Waals surface area contributed by atoms with E-state index in [0.29, 0.717) is 0 Å². The second-order valence-electron chi connectivity index (χ2n) is 0.327. The van der Waals surface area contributed by atoms with Crippen molar-refractivity contribution < 1.29 is 14.1 Å². The summed E-state index contributed by atoms with van der Waals surface area (Å²) in [6.07, 6.45) is 0. The van der Waals surface area contributed by atoms with Crippen molar-refractivity contribution in [2.24, 2.45) is 4.14 Å².